The van der Waals surface area contributed by atoms with Crippen molar-refractivity contribution >= 4 is 50.9 Å². The summed E-state index contributed by atoms with van der Waals surface area (Å²) in [7, 11) is 0. The first-order valence-corrected chi connectivity index (χ1v) is 11.4. The van der Waals surface area contributed by atoms with Crippen molar-refractivity contribution in [2.24, 2.45) is 0 Å². The zero-order chi connectivity index (χ0) is 21.3. The van der Waals surface area contributed by atoms with Gasteiger partial charge in [-0.2, -0.15) is 0 Å². The lowest BCUT2D eigenvalue weighted by atomic mass is 10.1. The lowest BCUT2D eigenvalue weighted by Crippen LogP contribution is -2.27. The zero-order valence-electron chi connectivity index (χ0n) is 16.7. The molecule has 0 saturated carbocycles. The Morgan fingerprint density at radius 2 is 1.70 bits per heavy atom. The molecule has 1 heterocycles. The van der Waals surface area contributed by atoms with E-state index in [-0.39, 0.29) is 17.2 Å². The first-order valence-electron chi connectivity index (χ1n) is 9.60. The molecule has 1 fully saturated rings. The van der Waals surface area contributed by atoms with Crippen LogP contribution in [-0.4, -0.2) is 17.6 Å². The largest absolute Gasteiger partial charge is 0.322 e. The van der Waals surface area contributed by atoms with Crippen molar-refractivity contribution in [2.75, 3.05) is 16.0 Å². The van der Waals surface area contributed by atoms with E-state index < -0.39 is 0 Å². The summed E-state index contributed by atoms with van der Waals surface area (Å²) in [4.78, 5) is 26.9. The van der Waals surface area contributed by atoms with Gasteiger partial charge in [-0.25, -0.2) is 0 Å². The van der Waals surface area contributed by atoms with Crippen molar-refractivity contribution in [1.82, 2.24) is 0 Å². The van der Waals surface area contributed by atoms with Crippen molar-refractivity contribution < 1.29 is 9.59 Å². The molecule has 152 valence electrons. The summed E-state index contributed by atoms with van der Waals surface area (Å²) in [5, 5.41) is 2.85. The number of benzene rings is 3. The molecule has 0 bridgehead atoms. The van der Waals surface area contributed by atoms with Gasteiger partial charge in [0.2, 0.25) is 5.91 Å². The number of amides is 2. The van der Waals surface area contributed by atoms with E-state index in [9.17, 15) is 9.59 Å². The van der Waals surface area contributed by atoms with E-state index in [2.05, 4.69) is 47.2 Å². The third kappa shape index (κ3) is 4.30. The number of hydrogen-bond donors (Lipinski definition) is 1. The number of nitrogens with zero attached hydrogens (tertiary/aromatic N) is 1. The average molecular weight is 481 g/mol. The molecule has 1 atom stereocenters. The third-order valence-electron chi connectivity index (χ3n) is 5.20. The molecule has 3 aromatic carbocycles. The summed E-state index contributed by atoms with van der Waals surface area (Å²) in [6.07, 6.45) is 0. The lowest BCUT2D eigenvalue weighted by Gasteiger charge is -2.25. The van der Waals surface area contributed by atoms with Gasteiger partial charge in [0.05, 0.1) is 5.75 Å². The van der Waals surface area contributed by atoms with Gasteiger partial charge in [0, 0.05) is 21.4 Å². The Morgan fingerprint density at radius 3 is 2.37 bits per heavy atom. The molecular formula is C24H21BrN2O2S. The Bertz CT molecular complexity index is 1100. The Hall–Kier alpha value is -2.57. The van der Waals surface area contributed by atoms with Gasteiger partial charge in [0.15, 0.2) is 0 Å². The lowest BCUT2D eigenvalue weighted by molar-refractivity contribution is -0.115. The normalized spacial score (nSPS) is 16.0. The standard InChI is InChI=1S/C24H21BrN2O2S/c1-15-3-12-21(13-16(15)2)27-22(28)14-30-24(27)18-6-10-20(11-7-18)26-23(29)17-4-8-19(25)9-5-17/h3-13,24H,14H2,1-2H3,(H,26,29)/t24-/m1/s1. The minimum atomic E-state index is -0.155. The Labute approximate surface area is 188 Å². The molecule has 3 aromatic rings. The number of rotatable bonds is 4. The van der Waals surface area contributed by atoms with Crippen LogP contribution in [0, 0.1) is 13.8 Å². The number of halogens is 1. The van der Waals surface area contributed by atoms with Crippen molar-refractivity contribution in [2.45, 2.75) is 19.2 Å². The molecule has 0 aromatic heterocycles. The minimum Gasteiger partial charge on any atom is -0.322 e. The summed E-state index contributed by atoms with van der Waals surface area (Å²) in [6.45, 7) is 4.13. The van der Waals surface area contributed by atoms with Crippen molar-refractivity contribution in [3.8, 4) is 0 Å². The van der Waals surface area contributed by atoms with Crippen molar-refractivity contribution in [3.63, 3.8) is 0 Å². The Kier molecular flexibility index (Phi) is 5.97. The molecule has 0 spiro atoms. The second kappa shape index (κ2) is 8.66. The zero-order valence-corrected chi connectivity index (χ0v) is 19.1. The molecule has 1 aliphatic heterocycles. The molecule has 4 rings (SSSR count). The van der Waals surface area contributed by atoms with E-state index >= 15 is 0 Å². The van der Waals surface area contributed by atoms with Gasteiger partial charge in [-0.3, -0.25) is 14.5 Å². The van der Waals surface area contributed by atoms with Gasteiger partial charge in [-0.05, 0) is 79.1 Å². The van der Waals surface area contributed by atoms with Crippen molar-refractivity contribution in [1.29, 1.82) is 0 Å². The predicted octanol–water partition coefficient (Wildman–Crippen LogP) is 6.10. The van der Waals surface area contributed by atoms with Crippen LogP contribution in [0.25, 0.3) is 0 Å². The van der Waals surface area contributed by atoms with E-state index in [1.54, 1.807) is 23.9 Å². The fraction of sp³-hybridized carbons (Fsp3) is 0.167. The molecule has 0 unspecified atom stereocenters. The number of nitrogens with one attached hydrogen (secondary N) is 1. The third-order valence-corrected chi connectivity index (χ3v) is 6.94. The molecule has 1 N–H and O–H groups in total. The fourth-order valence-electron chi connectivity index (χ4n) is 3.36. The SMILES string of the molecule is Cc1ccc(N2C(=O)CS[C@@H]2c2ccc(NC(=O)c3ccc(Br)cc3)cc2)cc1C. The highest BCUT2D eigenvalue weighted by Crippen LogP contribution is 2.42. The van der Waals surface area contributed by atoms with E-state index in [1.807, 2.05) is 47.4 Å². The van der Waals surface area contributed by atoms with Gasteiger partial charge < -0.3 is 5.32 Å². The number of aryl methyl sites for hydroxylation is 2. The predicted molar refractivity (Wildman–Crippen MR) is 127 cm³/mol. The minimum absolute atomic E-state index is 0.0733. The number of thioether (sulfide) groups is 1. The van der Waals surface area contributed by atoms with E-state index in [0.717, 1.165) is 21.4 Å². The van der Waals surface area contributed by atoms with Crippen LogP contribution < -0.4 is 10.2 Å². The van der Waals surface area contributed by atoms with E-state index in [4.69, 9.17) is 0 Å². The number of hydrogen-bond acceptors (Lipinski definition) is 3. The second-order valence-electron chi connectivity index (χ2n) is 7.28. The highest BCUT2D eigenvalue weighted by Gasteiger charge is 2.34. The summed E-state index contributed by atoms with van der Waals surface area (Å²) in [5.74, 6) is 0.415. The van der Waals surface area contributed by atoms with Crippen LogP contribution in [-0.2, 0) is 4.79 Å². The van der Waals surface area contributed by atoms with Crippen LogP contribution in [0.3, 0.4) is 0 Å². The van der Waals surface area contributed by atoms with Gasteiger partial charge in [0.1, 0.15) is 5.37 Å². The number of carbonyl (C=O) groups is 2. The maximum absolute atomic E-state index is 12.6. The van der Waals surface area contributed by atoms with E-state index in [0.29, 0.717) is 11.3 Å². The molecule has 6 heteroatoms. The summed E-state index contributed by atoms with van der Waals surface area (Å²) in [5.41, 5.74) is 5.65. The summed E-state index contributed by atoms with van der Waals surface area (Å²) < 4.78 is 0.931. The Morgan fingerprint density at radius 1 is 1.00 bits per heavy atom. The van der Waals surface area contributed by atoms with Gasteiger partial charge in [-0.15, -0.1) is 11.8 Å². The number of carbonyl (C=O) groups excluding carboxylic acids is 2. The van der Waals surface area contributed by atoms with E-state index in [1.165, 1.54) is 11.1 Å². The fourth-order valence-corrected chi connectivity index (χ4v) is 4.80. The van der Waals surface area contributed by atoms with Crippen LogP contribution in [0.1, 0.15) is 32.4 Å². The number of anilines is 2. The van der Waals surface area contributed by atoms with Crippen LogP contribution in [0.15, 0.2) is 71.2 Å². The monoisotopic (exact) mass is 480 g/mol. The maximum Gasteiger partial charge on any atom is 0.255 e. The first kappa shape index (κ1) is 20.7. The molecule has 4 nitrogen and oxygen atoms in total. The smallest absolute Gasteiger partial charge is 0.255 e. The Balaban J connectivity index is 1.52. The molecule has 0 aliphatic carbocycles. The summed E-state index contributed by atoms with van der Waals surface area (Å²) in [6, 6.07) is 21.1. The second-order valence-corrected chi connectivity index (χ2v) is 9.26. The average Bonchev–Trinajstić information content (AvgIpc) is 3.12. The van der Waals surface area contributed by atoms with Crippen LogP contribution in [0.2, 0.25) is 0 Å². The highest BCUT2D eigenvalue weighted by atomic mass is 79.9. The molecule has 30 heavy (non-hydrogen) atoms. The van der Waals surface area contributed by atoms with Crippen LogP contribution in [0.4, 0.5) is 11.4 Å². The maximum atomic E-state index is 12.6. The van der Waals surface area contributed by atoms with Gasteiger partial charge >= 0.3 is 0 Å². The highest BCUT2D eigenvalue weighted by molar-refractivity contribution is 9.10. The van der Waals surface area contributed by atoms with Gasteiger partial charge in [-0.1, -0.05) is 34.1 Å². The van der Waals surface area contributed by atoms with Crippen LogP contribution in [0.5, 0.6) is 0 Å². The molecule has 1 aliphatic rings. The molecule has 0 radical (unpaired) electrons. The first-order chi connectivity index (χ1) is 14.4. The molecular weight excluding hydrogens is 460 g/mol. The van der Waals surface area contributed by atoms with Crippen LogP contribution >= 0.6 is 27.7 Å². The quantitative estimate of drug-likeness (QED) is 0.490. The van der Waals surface area contributed by atoms with Crippen molar-refractivity contribution in [3.05, 3.63) is 93.5 Å². The summed E-state index contributed by atoms with van der Waals surface area (Å²) >= 11 is 4.99. The topological polar surface area (TPSA) is 49.4 Å². The van der Waals surface area contributed by atoms with Gasteiger partial charge in [0.25, 0.3) is 5.91 Å². The molecule has 2 amide bonds. The molecule has 1 saturated heterocycles.